The molecule has 0 aliphatic carbocycles. The van der Waals surface area contributed by atoms with E-state index in [1.165, 1.54) is 25.4 Å². The number of aromatic nitrogens is 3. The van der Waals surface area contributed by atoms with Crippen molar-refractivity contribution < 1.29 is 19.7 Å². The van der Waals surface area contributed by atoms with Crippen molar-refractivity contribution in [1.29, 1.82) is 0 Å². The smallest absolute Gasteiger partial charge is 0.337 e. The molecule has 7 heteroatoms. The lowest BCUT2D eigenvalue weighted by atomic mass is 10.2. The number of hydrogen-bond acceptors (Lipinski definition) is 5. The first-order valence-corrected chi connectivity index (χ1v) is 6.05. The number of hydrogen-bond donors (Lipinski definition) is 3. The lowest BCUT2D eigenvalue weighted by Gasteiger charge is -2.04. The van der Waals surface area contributed by atoms with Gasteiger partial charge in [-0.15, -0.1) is 0 Å². The van der Waals surface area contributed by atoms with E-state index in [1.54, 1.807) is 12.1 Å². The molecule has 21 heavy (non-hydrogen) atoms. The van der Waals surface area contributed by atoms with Crippen LogP contribution < -0.4 is 4.74 Å². The van der Waals surface area contributed by atoms with Crippen LogP contribution in [-0.2, 0) is 0 Å². The topological polar surface area (TPSA) is 108 Å². The highest BCUT2D eigenvalue weighted by Crippen LogP contribution is 2.30. The monoisotopic (exact) mass is 285 g/mol. The van der Waals surface area contributed by atoms with Gasteiger partial charge in [0.05, 0.1) is 18.2 Å². The number of imidazole rings is 1. The number of carboxylic acid groups (broad SMARTS) is 1. The van der Waals surface area contributed by atoms with Crippen LogP contribution in [0.1, 0.15) is 10.4 Å². The minimum absolute atomic E-state index is 0.00496. The van der Waals surface area contributed by atoms with E-state index in [2.05, 4.69) is 15.0 Å². The predicted octanol–water partition coefficient (Wildman–Crippen LogP) is 2.04. The number of aromatic amines is 1. The number of fused-ring (bicyclic) bond motifs is 1. The van der Waals surface area contributed by atoms with E-state index >= 15 is 0 Å². The third kappa shape index (κ3) is 2.25. The van der Waals surface area contributed by atoms with Crippen LogP contribution in [0.2, 0.25) is 0 Å². The highest BCUT2D eigenvalue weighted by atomic mass is 16.5. The van der Waals surface area contributed by atoms with Crippen LogP contribution in [0.15, 0.2) is 30.5 Å². The molecular formula is C14H11N3O4. The molecule has 0 unspecified atom stereocenters. The second kappa shape index (κ2) is 4.78. The van der Waals surface area contributed by atoms with Crippen LogP contribution in [0, 0.1) is 0 Å². The molecule has 0 saturated carbocycles. The summed E-state index contributed by atoms with van der Waals surface area (Å²) < 4.78 is 4.98. The van der Waals surface area contributed by atoms with Crippen LogP contribution >= 0.6 is 0 Å². The maximum Gasteiger partial charge on any atom is 0.337 e. The molecule has 3 aromatic rings. The van der Waals surface area contributed by atoms with Crippen molar-refractivity contribution in [2.75, 3.05) is 7.11 Å². The Hall–Kier alpha value is -3.09. The first kappa shape index (κ1) is 12.9. The summed E-state index contributed by atoms with van der Waals surface area (Å²) in [6, 6.07) is 6.32. The maximum atomic E-state index is 10.9. The number of nitrogens with zero attached hydrogens (tertiary/aromatic N) is 2. The van der Waals surface area contributed by atoms with E-state index in [-0.39, 0.29) is 11.3 Å². The normalized spacial score (nSPS) is 10.7. The van der Waals surface area contributed by atoms with E-state index in [9.17, 15) is 9.90 Å². The van der Waals surface area contributed by atoms with E-state index in [1.807, 2.05) is 0 Å². The third-order valence-corrected chi connectivity index (χ3v) is 3.04. The number of aromatic hydroxyl groups is 1. The minimum Gasteiger partial charge on any atom is -0.504 e. The molecule has 2 heterocycles. The van der Waals surface area contributed by atoms with E-state index < -0.39 is 5.97 Å². The van der Waals surface area contributed by atoms with Crippen LogP contribution in [-0.4, -0.2) is 38.2 Å². The molecule has 1 aromatic carbocycles. The fraction of sp³-hybridized carbons (Fsp3) is 0.0714. The Morgan fingerprint density at radius 3 is 2.81 bits per heavy atom. The molecular weight excluding hydrogens is 274 g/mol. The Labute approximate surface area is 118 Å². The van der Waals surface area contributed by atoms with Gasteiger partial charge in [0.2, 0.25) is 0 Å². The Morgan fingerprint density at radius 2 is 2.14 bits per heavy atom. The number of carboxylic acids is 1. The summed E-state index contributed by atoms with van der Waals surface area (Å²) in [6.07, 6.45) is 1.25. The summed E-state index contributed by atoms with van der Waals surface area (Å²) in [5.41, 5.74) is 1.64. The van der Waals surface area contributed by atoms with Gasteiger partial charge in [0.15, 0.2) is 17.1 Å². The van der Waals surface area contributed by atoms with Crippen LogP contribution in [0.3, 0.4) is 0 Å². The van der Waals surface area contributed by atoms with Crippen molar-refractivity contribution >= 4 is 17.1 Å². The average Bonchev–Trinajstić information content (AvgIpc) is 2.89. The molecule has 0 aliphatic rings. The number of ether oxygens (including phenoxy) is 1. The lowest BCUT2D eigenvalue weighted by Crippen LogP contribution is -1.96. The van der Waals surface area contributed by atoms with Crippen LogP contribution in [0.5, 0.6) is 11.5 Å². The minimum atomic E-state index is -1.05. The van der Waals surface area contributed by atoms with Gasteiger partial charge in [0.1, 0.15) is 5.82 Å². The van der Waals surface area contributed by atoms with Gasteiger partial charge in [0.25, 0.3) is 0 Å². The van der Waals surface area contributed by atoms with Crippen molar-refractivity contribution in [3.05, 3.63) is 36.0 Å². The first-order valence-electron chi connectivity index (χ1n) is 6.05. The molecule has 2 aromatic heterocycles. The Bertz CT molecular complexity index is 841. The van der Waals surface area contributed by atoms with Crippen molar-refractivity contribution in [3.8, 4) is 22.9 Å². The zero-order valence-corrected chi connectivity index (χ0v) is 11.0. The number of benzene rings is 1. The number of nitrogens with one attached hydrogen (secondary N) is 1. The molecule has 106 valence electrons. The highest BCUT2D eigenvalue weighted by molar-refractivity contribution is 5.91. The Balaban J connectivity index is 2.08. The van der Waals surface area contributed by atoms with Gasteiger partial charge in [-0.25, -0.2) is 14.8 Å². The standard InChI is InChI=1S/C14H11N3O4/c1-21-11-3-2-7(5-10(11)18)12-16-9-4-8(14(19)20)6-15-13(9)17-12/h2-6,18H,1H3,(H,19,20)(H,15,16,17). The SMILES string of the molecule is COc1ccc(-c2nc3ncc(C(=O)O)cc3[nH]2)cc1O. The molecule has 0 fully saturated rings. The zero-order chi connectivity index (χ0) is 15.0. The van der Waals surface area contributed by atoms with Gasteiger partial charge >= 0.3 is 5.97 Å². The maximum absolute atomic E-state index is 10.9. The van der Waals surface area contributed by atoms with E-state index in [0.29, 0.717) is 28.3 Å². The summed E-state index contributed by atoms with van der Waals surface area (Å²) in [7, 11) is 1.47. The zero-order valence-electron chi connectivity index (χ0n) is 11.0. The number of H-pyrrole nitrogens is 1. The number of phenolic OH excluding ortho intramolecular Hbond substituents is 1. The van der Waals surface area contributed by atoms with Crippen LogP contribution in [0.25, 0.3) is 22.6 Å². The quantitative estimate of drug-likeness (QED) is 0.679. The number of methoxy groups -OCH3 is 1. The third-order valence-electron chi connectivity index (χ3n) is 3.04. The van der Waals surface area contributed by atoms with E-state index in [0.717, 1.165) is 0 Å². The molecule has 0 atom stereocenters. The molecule has 0 bridgehead atoms. The summed E-state index contributed by atoms with van der Waals surface area (Å²) in [5.74, 6) is -0.212. The van der Waals surface area contributed by atoms with Gasteiger partial charge in [-0.05, 0) is 24.3 Å². The molecule has 0 aliphatic heterocycles. The second-order valence-corrected chi connectivity index (χ2v) is 4.37. The molecule has 3 N–H and O–H groups in total. The number of aromatic carboxylic acids is 1. The van der Waals surface area contributed by atoms with Crippen molar-refractivity contribution in [3.63, 3.8) is 0 Å². The summed E-state index contributed by atoms with van der Waals surface area (Å²) in [5, 5.41) is 18.7. The van der Waals surface area contributed by atoms with Gasteiger partial charge in [0, 0.05) is 11.8 Å². The van der Waals surface area contributed by atoms with Gasteiger partial charge < -0.3 is 19.9 Å². The molecule has 7 nitrogen and oxygen atoms in total. The van der Waals surface area contributed by atoms with Gasteiger partial charge in [-0.2, -0.15) is 0 Å². The predicted molar refractivity (Wildman–Crippen MR) is 74.5 cm³/mol. The number of rotatable bonds is 3. The number of phenols is 1. The van der Waals surface area contributed by atoms with Crippen molar-refractivity contribution in [1.82, 2.24) is 15.0 Å². The van der Waals surface area contributed by atoms with Gasteiger partial charge in [-0.3, -0.25) is 0 Å². The van der Waals surface area contributed by atoms with Crippen molar-refractivity contribution in [2.45, 2.75) is 0 Å². The number of pyridine rings is 1. The Morgan fingerprint density at radius 1 is 1.33 bits per heavy atom. The summed E-state index contributed by atoms with van der Waals surface area (Å²) >= 11 is 0. The first-order chi connectivity index (χ1) is 10.1. The molecule has 0 saturated heterocycles. The Kier molecular flexibility index (Phi) is 2.94. The summed E-state index contributed by atoms with van der Waals surface area (Å²) in [6.45, 7) is 0. The fourth-order valence-electron chi connectivity index (χ4n) is 1.99. The molecule has 0 amide bonds. The fourth-order valence-corrected chi connectivity index (χ4v) is 1.99. The van der Waals surface area contributed by atoms with Crippen LogP contribution in [0.4, 0.5) is 0 Å². The molecule has 3 rings (SSSR count). The number of carbonyl (C=O) groups is 1. The largest absolute Gasteiger partial charge is 0.504 e. The highest BCUT2D eigenvalue weighted by Gasteiger charge is 2.11. The second-order valence-electron chi connectivity index (χ2n) is 4.37. The van der Waals surface area contributed by atoms with Crippen molar-refractivity contribution in [2.24, 2.45) is 0 Å². The molecule has 0 radical (unpaired) electrons. The van der Waals surface area contributed by atoms with Gasteiger partial charge in [-0.1, -0.05) is 0 Å². The van der Waals surface area contributed by atoms with E-state index in [4.69, 9.17) is 9.84 Å². The summed E-state index contributed by atoms with van der Waals surface area (Å²) in [4.78, 5) is 22.2. The average molecular weight is 285 g/mol. The lowest BCUT2D eigenvalue weighted by molar-refractivity contribution is 0.0696. The molecule has 0 spiro atoms.